The SMILES string of the molecule is C[C@@H](c1ccc2ncn(C)c2c1)c1cnc2cccnn12. The van der Waals surface area contributed by atoms with Gasteiger partial charge in [0.25, 0.3) is 0 Å². The molecular weight excluding hydrogens is 262 g/mol. The molecule has 0 saturated carbocycles. The quantitative estimate of drug-likeness (QED) is 0.566. The van der Waals surface area contributed by atoms with Gasteiger partial charge in [-0.2, -0.15) is 5.10 Å². The van der Waals surface area contributed by atoms with Crippen LogP contribution in [0.4, 0.5) is 0 Å². The molecule has 1 aromatic carbocycles. The number of aromatic nitrogens is 5. The number of rotatable bonds is 2. The summed E-state index contributed by atoms with van der Waals surface area (Å²) >= 11 is 0. The van der Waals surface area contributed by atoms with Crippen molar-refractivity contribution in [3.8, 4) is 0 Å². The molecule has 5 heteroatoms. The zero-order valence-electron chi connectivity index (χ0n) is 11.9. The van der Waals surface area contributed by atoms with Gasteiger partial charge in [-0.05, 0) is 29.8 Å². The summed E-state index contributed by atoms with van der Waals surface area (Å²) in [6.07, 6.45) is 5.53. The zero-order valence-corrected chi connectivity index (χ0v) is 11.9. The molecule has 0 amide bonds. The summed E-state index contributed by atoms with van der Waals surface area (Å²) in [5.41, 5.74) is 5.36. The summed E-state index contributed by atoms with van der Waals surface area (Å²) in [5, 5.41) is 4.39. The molecule has 4 rings (SSSR count). The Bertz CT molecular complexity index is 934. The second kappa shape index (κ2) is 4.41. The third-order valence-electron chi connectivity index (χ3n) is 4.00. The molecule has 5 nitrogen and oxygen atoms in total. The molecule has 0 N–H and O–H groups in total. The van der Waals surface area contributed by atoms with Crippen molar-refractivity contribution < 1.29 is 0 Å². The fraction of sp³-hybridized carbons (Fsp3) is 0.188. The number of nitrogens with zero attached hydrogens (tertiary/aromatic N) is 5. The van der Waals surface area contributed by atoms with Crippen LogP contribution < -0.4 is 0 Å². The maximum absolute atomic E-state index is 4.42. The first-order valence-corrected chi connectivity index (χ1v) is 6.93. The van der Waals surface area contributed by atoms with Gasteiger partial charge in [-0.25, -0.2) is 14.5 Å². The smallest absolute Gasteiger partial charge is 0.153 e. The first-order chi connectivity index (χ1) is 10.2. The average Bonchev–Trinajstić information content (AvgIpc) is 3.10. The number of benzene rings is 1. The summed E-state index contributed by atoms with van der Waals surface area (Å²) in [6, 6.07) is 10.3. The lowest BCUT2D eigenvalue weighted by Gasteiger charge is -2.11. The predicted molar refractivity (Wildman–Crippen MR) is 81.2 cm³/mol. The van der Waals surface area contributed by atoms with Gasteiger partial charge in [-0.3, -0.25) is 0 Å². The van der Waals surface area contributed by atoms with Gasteiger partial charge in [0.05, 0.1) is 29.3 Å². The lowest BCUT2D eigenvalue weighted by atomic mass is 9.98. The summed E-state index contributed by atoms with van der Waals surface area (Å²) in [7, 11) is 2.01. The minimum absolute atomic E-state index is 0.217. The Labute approximate surface area is 121 Å². The van der Waals surface area contributed by atoms with Gasteiger partial charge in [0.1, 0.15) is 0 Å². The van der Waals surface area contributed by atoms with Crippen LogP contribution >= 0.6 is 0 Å². The summed E-state index contributed by atoms with van der Waals surface area (Å²) < 4.78 is 3.94. The predicted octanol–water partition coefficient (Wildman–Crippen LogP) is 2.77. The van der Waals surface area contributed by atoms with E-state index in [1.165, 1.54) is 5.56 Å². The van der Waals surface area contributed by atoms with Crippen molar-refractivity contribution in [3.05, 3.63) is 60.3 Å². The molecule has 3 aromatic heterocycles. The van der Waals surface area contributed by atoms with Gasteiger partial charge in [0.2, 0.25) is 0 Å². The van der Waals surface area contributed by atoms with Crippen molar-refractivity contribution in [2.45, 2.75) is 12.8 Å². The van der Waals surface area contributed by atoms with Crippen molar-refractivity contribution in [1.82, 2.24) is 24.1 Å². The molecule has 0 saturated heterocycles. The van der Waals surface area contributed by atoms with E-state index in [0.717, 1.165) is 22.4 Å². The molecule has 0 unspecified atom stereocenters. The third-order valence-corrected chi connectivity index (χ3v) is 4.00. The highest BCUT2D eigenvalue weighted by atomic mass is 15.3. The van der Waals surface area contributed by atoms with E-state index in [4.69, 9.17) is 0 Å². The van der Waals surface area contributed by atoms with Crippen molar-refractivity contribution in [2.24, 2.45) is 7.05 Å². The Balaban J connectivity index is 1.85. The van der Waals surface area contributed by atoms with Crippen LogP contribution in [0.25, 0.3) is 16.7 Å². The van der Waals surface area contributed by atoms with Crippen LogP contribution in [0.15, 0.2) is 49.1 Å². The summed E-state index contributed by atoms with van der Waals surface area (Å²) in [6.45, 7) is 2.18. The lowest BCUT2D eigenvalue weighted by Crippen LogP contribution is -2.03. The van der Waals surface area contributed by atoms with Crippen LogP contribution in [0.3, 0.4) is 0 Å². The minimum atomic E-state index is 0.217. The van der Waals surface area contributed by atoms with E-state index in [1.54, 1.807) is 6.20 Å². The Hall–Kier alpha value is -2.69. The molecule has 0 bridgehead atoms. The molecule has 0 aliphatic heterocycles. The molecule has 0 spiro atoms. The van der Waals surface area contributed by atoms with Gasteiger partial charge < -0.3 is 4.57 Å². The molecule has 0 aliphatic carbocycles. The van der Waals surface area contributed by atoms with Gasteiger partial charge >= 0.3 is 0 Å². The van der Waals surface area contributed by atoms with E-state index < -0.39 is 0 Å². The minimum Gasteiger partial charge on any atom is -0.334 e. The maximum Gasteiger partial charge on any atom is 0.153 e. The zero-order chi connectivity index (χ0) is 14.4. The van der Waals surface area contributed by atoms with E-state index in [-0.39, 0.29) is 5.92 Å². The van der Waals surface area contributed by atoms with E-state index in [1.807, 2.05) is 40.8 Å². The van der Waals surface area contributed by atoms with Gasteiger partial charge in [0.15, 0.2) is 5.65 Å². The van der Waals surface area contributed by atoms with E-state index >= 15 is 0 Å². The largest absolute Gasteiger partial charge is 0.334 e. The molecular formula is C16H15N5. The number of hydrogen-bond acceptors (Lipinski definition) is 3. The van der Waals surface area contributed by atoms with Crippen LogP contribution in [0, 0.1) is 0 Å². The number of hydrogen-bond donors (Lipinski definition) is 0. The summed E-state index contributed by atoms with van der Waals surface area (Å²) in [4.78, 5) is 8.78. The lowest BCUT2D eigenvalue weighted by molar-refractivity contribution is 0.790. The average molecular weight is 277 g/mol. The van der Waals surface area contributed by atoms with Gasteiger partial charge in [-0.1, -0.05) is 13.0 Å². The second-order valence-electron chi connectivity index (χ2n) is 5.30. The van der Waals surface area contributed by atoms with Gasteiger partial charge in [0, 0.05) is 19.2 Å². The third kappa shape index (κ3) is 1.81. The molecule has 0 radical (unpaired) electrons. The highest BCUT2D eigenvalue weighted by molar-refractivity contribution is 5.76. The fourth-order valence-corrected chi connectivity index (χ4v) is 2.73. The van der Waals surface area contributed by atoms with Crippen LogP contribution in [0.2, 0.25) is 0 Å². The van der Waals surface area contributed by atoms with Crippen molar-refractivity contribution in [3.63, 3.8) is 0 Å². The fourth-order valence-electron chi connectivity index (χ4n) is 2.73. The number of fused-ring (bicyclic) bond motifs is 2. The first kappa shape index (κ1) is 12.1. The first-order valence-electron chi connectivity index (χ1n) is 6.93. The van der Waals surface area contributed by atoms with E-state index in [2.05, 4.69) is 40.2 Å². The van der Waals surface area contributed by atoms with Crippen molar-refractivity contribution >= 4 is 16.7 Å². The Morgan fingerprint density at radius 3 is 2.95 bits per heavy atom. The molecule has 0 aliphatic rings. The topological polar surface area (TPSA) is 48.0 Å². The Morgan fingerprint density at radius 2 is 2.05 bits per heavy atom. The van der Waals surface area contributed by atoms with Gasteiger partial charge in [-0.15, -0.1) is 0 Å². The number of imidazole rings is 2. The van der Waals surface area contributed by atoms with Crippen LogP contribution in [0.1, 0.15) is 24.1 Å². The molecule has 0 fully saturated rings. The Morgan fingerprint density at radius 1 is 1.14 bits per heavy atom. The van der Waals surface area contributed by atoms with Crippen LogP contribution in [-0.2, 0) is 7.05 Å². The van der Waals surface area contributed by atoms with E-state index in [9.17, 15) is 0 Å². The highest BCUT2D eigenvalue weighted by Gasteiger charge is 2.15. The molecule has 21 heavy (non-hydrogen) atoms. The van der Waals surface area contributed by atoms with Crippen LogP contribution in [-0.4, -0.2) is 24.1 Å². The monoisotopic (exact) mass is 277 g/mol. The van der Waals surface area contributed by atoms with E-state index in [0.29, 0.717) is 0 Å². The standard InChI is InChI=1S/C16H15N5/c1-11(15-9-17-16-4-3-7-19-21(15)16)12-5-6-13-14(8-12)20(2)10-18-13/h3-11H,1-2H3/t11-/m0/s1. The second-order valence-corrected chi connectivity index (χ2v) is 5.30. The van der Waals surface area contributed by atoms with Crippen LogP contribution in [0.5, 0.6) is 0 Å². The Kier molecular flexibility index (Phi) is 2.54. The number of aryl methyl sites for hydroxylation is 1. The normalized spacial score (nSPS) is 13.0. The molecule has 1 atom stereocenters. The van der Waals surface area contributed by atoms with Crippen molar-refractivity contribution in [2.75, 3.05) is 0 Å². The highest BCUT2D eigenvalue weighted by Crippen LogP contribution is 2.26. The summed E-state index contributed by atoms with van der Waals surface area (Å²) in [5.74, 6) is 0.217. The molecule has 3 heterocycles. The maximum atomic E-state index is 4.42. The molecule has 104 valence electrons. The molecule has 4 aromatic rings. The van der Waals surface area contributed by atoms with Crippen molar-refractivity contribution in [1.29, 1.82) is 0 Å².